The van der Waals surface area contributed by atoms with E-state index in [-0.39, 0.29) is 18.1 Å². The first-order valence-electron chi connectivity index (χ1n) is 7.18. The first kappa shape index (κ1) is 16.1. The molecule has 0 unspecified atom stereocenters. The van der Waals surface area contributed by atoms with E-state index in [0.29, 0.717) is 5.56 Å². The lowest BCUT2D eigenvalue weighted by Gasteiger charge is -2.06. The van der Waals surface area contributed by atoms with Crippen molar-refractivity contribution in [2.45, 2.75) is 6.61 Å². The van der Waals surface area contributed by atoms with Gasteiger partial charge in [-0.15, -0.1) is 11.3 Å². The Morgan fingerprint density at radius 3 is 2.71 bits per heavy atom. The zero-order valence-electron chi connectivity index (χ0n) is 12.9. The van der Waals surface area contributed by atoms with Gasteiger partial charge in [-0.05, 0) is 17.7 Å². The number of ether oxygens (including phenoxy) is 2. The van der Waals surface area contributed by atoms with Gasteiger partial charge in [0.2, 0.25) is 0 Å². The molecule has 6 heteroatoms. The molecule has 0 amide bonds. The Labute approximate surface area is 142 Å². The smallest absolute Gasteiger partial charge is 0.358 e. The number of halogens is 1. The molecule has 0 fully saturated rings. The standard InChI is InChI=1S/C18H14FNO3S/c1-22-16-8-7-12(9-14(16)19)10-23-18(21)15-11-24-17(20-15)13-5-3-2-4-6-13/h2-9,11H,10H2,1H3. The van der Waals surface area contributed by atoms with Crippen LogP contribution in [0.2, 0.25) is 0 Å². The maximum Gasteiger partial charge on any atom is 0.358 e. The van der Waals surface area contributed by atoms with Crippen molar-refractivity contribution in [1.82, 2.24) is 4.98 Å². The second-order valence-corrected chi connectivity index (χ2v) is 5.81. The molecule has 2 aromatic carbocycles. The van der Waals surface area contributed by atoms with Crippen molar-refractivity contribution in [3.63, 3.8) is 0 Å². The number of esters is 1. The number of thiazole rings is 1. The highest BCUT2D eigenvalue weighted by atomic mass is 32.1. The van der Waals surface area contributed by atoms with E-state index in [1.807, 2.05) is 30.3 Å². The van der Waals surface area contributed by atoms with E-state index in [9.17, 15) is 9.18 Å². The number of carbonyl (C=O) groups is 1. The fraction of sp³-hybridized carbons (Fsp3) is 0.111. The summed E-state index contributed by atoms with van der Waals surface area (Å²) in [7, 11) is 1.39. The largest absolute Gasteiger partial charge is 0.494 e. The average Bonchev–Trinajstić information content (AvgIpc) is 3.11. The van der Waals surface area contributed by atoms with Crippen LogP contribution in [0.1, 0.15) is 16.1 Å². The third-order valence-electron chi connectivity index (χ3n) is 3.32. The Morgan fingerprint density at radius 1 is 1.21 bits per heavy atom. The normalized spacial score (nSPS) is 10.4. The molecule has 0 radical (unpaired) electrons. The van der Waals surface area contributed by atoms with E-state index in [1.165, 1.54) is 30.6 Å². The van der Waals surface area contributed by atoms with Gasteiger partial charge in [-0.1, -0.05) is 36.4 Å². The maximum atomic E-state index is 13.6. The second kappa shape index (κ2) is 7.23. The lowest BCUT2D eigenvalue weighted by molar-refractivity contribution is 0.0466. The van der Waals surface area contributed by atoms with Gasteiger partial charge in [0.25, 0.3) is 0 Å². The number of benzene rings is 2. The molecular weight excluding hydrogens is 329 g/mol. The molecule has 122 valence electrons. The van der Waals surface area contributed by atoms with Crippen LogP contribution in [0.3, 0.4) is 0 Å². The molecule has 3 rings (SSSR count). The van der Waals surface area contributed by atoms with Crippen LogP contribution in [-0.4, -0.2) is 18.1 Å². The molecule has 0 aliphatic rings. The number of carbonyl (C=O) groups excluding carboxylic acids is 1. The number of hydrogen-bond donors (Lipinski definition) is 0. The van der Waals surface area contributed by atoms with E-state index in [4.69, 9.17) is 9.47 Å². The Hall–Kier alpha value is -2.73. The van der Waals surface area contributed by atoms with Gasteiger partial charge < -0.3 is 9.47 Å². The van der Waals surface area contributed by atoms with Gasteiger partial charge in [0.15, 0.2) is 17.3 Å². The van der Waals surface area contributed by atoms with Gasteiger partial charge >= 0.3 is 5.97 Å². The van der Waals surface area contributed by atoms with Gasteiger partial charge in [0.05, 0.1) is 7.11 Å². The van der Waals surface area contributed by atoms with E-state index in [1.54, 1.807) is 11.4 Å². The summed E-state index contributed by atoms with van der Waals surface area (Å²) in [6, 6.07) is 14.0. The van der Waals surface area contributed by atoms with Crippen molar-refractivity contribution in [2.24, 2.45) is 0 Å². The first-order valence-corrected chi connectivity index (χ1v) is 8.06. The Kier molecular flexibility index (Phi) is 4.86. The van der Waals surface area contributed by atoms with Gasteiger partial charge in [0.1, 0.15) is 11.6 Å². The monoisotopic (exact) mass is 343 g/mol. The Morgan fingerprint density at radius 2 is 2.00 bits per heavy atom. The fourth-order valence-electron chi connectivity index (χ4n) is 2.10. The van der Waals surface area contributed by atoms with Crippen LogP contribution in [-0.2, 0) is 11.3 Å². The van der Waals surface area contributed by atoms with E-state index < -0.39 is 11.8 Å². The molecule has 1 heterocycles. The van der Waals surface area contributed by atoms with Crippen molar-refractivity contribution >= 4 is 17.3 Å². The van der Waals surface area contributed by atoms with Gasteiger partial charge in [-0.2, -0.15) is 0 Å². The summed E-state index contributed by atoms with van der Waals surface area (Å²) in [5, 5.41) is 2.40. The Bertz CT molecular complexity index is 848. The predicted molar refractivity (Wildman–Crippen MR) is 89.6 cm³/mol. The van der Waals surface area contributed by atoms with Gasteiger partial charge in [0, 0.05) is 10.9 Å². The lowest BCUT2D eigenvalue weighted by Crippen LogP contribution is -2.06. The summed E-state index contributed by atoms with van der Waals surface area (Å²) in [5.41, 5.74) is 1.73. The number of nitrogens with zero attached hydrogens (tertiary/aromatic N) is 1. The molecule has 0 spiro atoms. The zero-order chi connectivity index (χ0) is 16.9. The zero-order valence-corrected chi connectivity index (χ0v) is 13.7. The average molecular weight is 343 g/mol. The molecule has 0 aliphatic carbocycles. The van der Waals surface area contributed by atoms with E-state index >= 15 is 0 Å². The van der Waals surface area contributed by atoms with E-state index in [0.717, 1.165) is 10.6 Å². The molecule has 1 aromatic heterocycles. The highest BCUT2D eigenvalue weighted by Gasteiger charge is 2.14. The van der Waals surface area contributed by atoms with Gasteiger partial charge in [-0.3, -0.25) is 0 Å². The summed E-state index contributed by atoms with van der Waals surface area (Å²) in [6.45, 7) is -0.0298. The summed E-state index contributed by atoms with van der Waals surface area (Å²) < 4.78 is 23.7. The third kappa shape index (κ3) is 3.60. The summed E-state index contributed by atoms with van der Waals surface area (Å²) in [5.74, 6) is -0.882. The molecule has 0 aliphatic heterocycles. The minimum Gasteiger partial charge on any atom is -0.494 e. The summed E-state index contributed by atoms with van der Waals surface area (Å²) in [6.07, 6.45) is 0. The number of rotatable bonds is 5. The van der Waals surface area contributed by atoms with Crippen molar-refractivity contribution in [1.29, 1.82) is 0 Å². The van der Waals surface area contributed by atoms with Crippen molar-refractivity contribution in [2.75, 3.05) is 7.11 Å². The van der Waals surface area contributed by atoms with Crippen LogP contribution in [0.5, 0.6) is 5.75 Å². The van der Waals surface area contributed by atoms with Crippen LogP contribution in [0.4, 0.5) is 4.39 Å². The SMILES string of the molecule is COc1ccc(COC(=O)c2csc(-c3ccccc3)n2)cc1F. The molecule has 0 atom stereocenters. The quantitative estimate of drug-likeness (QED) is 0.648. The maximum absolute atomic E-state index is 13.6. The van der Waals surface area contributed by atoms with Crippen LogP contribution in [0.25, 0.3) is 10.6 Å². The minimum absolute atomic E-state index is 0.0298. The molecule has 0 saturated carbocycles. The summed E-state index contributed by atoms with van der Waals surface area (Å²) >= 11 is 1.37. The summed E-state index contributed by atoms with van der Waals surface area (Å²) in [4.78, 5) is 16.4. The van der Waals surface area contributed by atoms with Crippen molar-refractivity contribution in [3.8, 4) is 16.3 Å². The van der Waals surface area contributed by atoms with E-state index in [2.05, 4.69) is 4.98 Å². The number of aromatic nitrogens is 1. The van der Waals surface area contributed by atoms with Gasteiger partial charge in [-0.25, -0.2) is 14.2 Å². The fourth-order valence-corrected chi connectivity index (χ4v) is 2.90. The highest BCUT2D eigenvalue weighted by Crippen LogP contribution is 2.24. The molecule has 4 nitrogen and oxygen atoms in total. The Balaban J connectivity index is 1.65. The molecule has 24 heavy (non-hydrogen) atoms. The topological polar surface area (TPSA) is 48.4 Å². The molecule has 0 saturated heterocycles. The van der Waals surface area contributed by atoms with Crippen molar-refractivity contribution < 1.29 is 18.7 Å². The molecular formula is C18H14FNO3S. The van der Waals surface area contributed by atoms with Crippen LogP contribution in [0.15, 0.2) is 53.9 Å². The van der Waals surface area contributed by atoms with Crippen LogP contribution >= 0.6 is 11.3 Å². The van der Waals surface area contributed by atoms with Crippen molar-refractivity contribution in [3.05, 3.63) is 71.0 Å². The number of hydrogen-bond acceptors (Lipinski definition) is 5. The number of methoxy groups -OCH3 is 1. The van der Waals surface area contributed by atoms with Crippen LogP contribution < -0.4 is 4.74 Å². The molecule has 3 aromatic rings. The highest BCUT2D eigenvalue weighted by molar-refractivity contribution is 7.13. The third-order valence-corrected chi connectivity index (χ3v) is 4.21. The first-order chi connectivity index (χ1) is 11.7. The minimum atomic E-state index is -0.537. The predicted octanol–water partition coefficient (Wildman–Crippen LogP) is 4.31. The second-order valence-electron chi connectivity index (χ2n) is 4.95. The molecule has 0 bridgehead atoms. The lowest BCUT2D eigenvalue weighted by atomic mass is 10.2. The molecule has 0 N–H and O–H groups in total. The van der Waals surface area contributed by atoms with Crippen LogP contribution in [0, 0.1) is 5.82 Å².